The van der Waals surface area contributed by atoms with Gasteiger partial charge in [-0.2, -0.15) is 5.26 Å². The number of aliphatic hydroxyl groups is 1. The van der Waals surface area contributed by atoms with E-state index in [1.54, 1.807) is 0 Å². The third kappa shape index (κ3) is 3.19. The lowest BCUT2D eigenvalue weighted by Gasteiger charge is -2.44. The van der Waals surface area contributed by atoms with Crippen LogP contribution >= 0.6 is 0 Å². The Labute approximate surface area is 124 Å². The SMILES string of the molecule is CC1(C)CCCC(O)(C2(C#N)CCCCCCC2)CC1. The van der Waals surface area contributed by atoms with Gasteiger partial charge in [0.25, 0.3) is 0 Å². The highest BCUT2D eigenvalue weighted by atomic mass is 16.3. The molecule has 0 heterocycles. The Morgan fingerprint density at radius 2 is 1.35 bits per heavy atom. The lowest BCUT2D eigenvalue weighted by molar-refractivity contribution is -0.0802. The summed E-state index contributed by atoms with van der Waals surface area (Å²) in [5, 5.41) is 21.2. The highest BCUT2D eigenvalue weighted by Crippen LogP contribution is 2.51. The zero-order valence-corrected chi connectivity index (χ0v) is 13.4. The van der Waals surface area contributed by atoms with Gasteiger partial charge in [0.05, 0.1) is 17.1 Å². The van der Waals surface area contributed by atoms with Crippen LogP contribution in [-0.4, -0.2) is 10.7 Å². The van der Waals surface area contributed by atoms with Crippen molar-refractivity contribution in [3.05, 3.63) is 0 Å². The number of rotatable bonds is 1. The summed E-state index contributed by atoms with van der Waals surface area (Å²) >= 11 is 0. The number of nitrogens with zero attached hydrogens (tertiary/aromatic N) is 1. The molecule has 0 bridgehead atoms. The highest BCUT2D eigenvalue weighted by molar-refractivity contribution is 5.12. The largest absolute Gasteiger partial charge is 0.388 e. The van der Waals surface area contributed by atoms with Crippen molar-refractivity contribution in [1.82, 2.24) is 0 Å². The molecule has 1 atom stereocenters. The average molecular weight is 277 g/mol. The van der Waals surface area contributed by atoms with E-state index in [-0.39, 0.29) is 0 Å². The van der Waals surface area contributed by atoms with Crippen molar-refractivity contribution in [2.45, 2.75) is 96.5 Å². The third-order valence-electron chi connectivity index (χ3n) is 5.97. The van der Waals surface area contributed by atoms with Crippen LogP contribution < -0.4 is 0 Å². The highest BCUT2D eigenvalue weighted by Gasteiger charge is 2.51. The molecule has 0 aromatic carbocycles. The van der Waals surface area contributed by atoms with Crippen molar-refractivity contribution < 1.29 is 5.11 Å². The molecule has 0 aliphatic heterocycles. The summed E-state index contributed by atoms with van der Waals surface area (Å²) in [5.74, 6) is 0. The molecule has 2 heteroatoms. The van der Waals surface area contributed by atoms with Crippen LogP contribution in [0.1, 0.15) is 90.9 Å². The van der Waals surface area contributed by atoms with Crippen LogP contribution in [0.3, 0.4) is 0 Å². The van der Waals surface area contributed by atoms with Crippen LogP contribution in [0.2, 0.25) is 0 Å². The van der Waals surface area contributed by atoms with Gasteiger partial charge in [0, 0.05) is 0 Å². The molecule has 2 aliphatic carbocycles. The Morgan fingerprint density at radius 1 is 0.750 bits per heavy atom. The van der Waals surface area contributed by atoms with Crippen molar-refractivity contribution in [2.75, 3.05) is 0 Å². The van der Waals surface area contributed by atoms with E-state index in [1.807, 2.05) is 0 Å². The van der Waals surface area contributed by atoms with Crippen LogP contribution in [0.15, 0.2) is 0 Å². The quantitative estimate of drug-likeness (QED) is 0.688. The predicted octanol–water partition coefficient (Wildman–Crippen LogP) is 4.96. The molecule has 2 saturated carbocycles. The van der Waals surface area contributed by atoms with Crippen molar-refractivity contribution in [3.63, 3.8) is 0 Å². The first-order valence-corrected chi connectivity index (χ1v) is 8.57. The van der Waals surface area contributed by atoms with E-state index in [4.69, 9.17) is 0 Å². The molecule has 0 saturated heterocycles. The number of hydrogen-bond acceptors (Lipinski definition) is 2. The summed E-state index contributed by atoms with van der Waals surface area (Å²) in [7, 11) is 0. The lowest BCUT2D eigenvalue weighted by atomic mass is 9.62. The fraction of sp³-hybridized carbons (Fsp3) is 0.944. The smallest absolute Gasteiger partial charge is 0.0860 e. The molecular weight excluding hydrogens is 246 g/mol. The van der Waals surface area contributed by atoms with Gasteiger partial charge in [-0.05, 0) is 43.9 Å². The van der Waals surface area contributed by atoms with E-state index >= 15 is 0 Å². The molecular formula is C18H31NO. The van der Waals surface area contributed by atoms with Gasteiger partial charge < -0.3 is 5.11 Å². The second-order valence-electron chi connectivity index (χ2n) is 8.01. The van der Waals surface area contributed by atoms with Gasteiger partial charge in [0.15, 0.2) is 0 Å². The van der Waals surface area contributed by atoms with Gasteiger partial charge in [-0.3, -0.25) is 0 Å². The Bertz CT molecular complexity index is 360. The molecule has 2 aliphatic rings. The first kappa shape index (κ1) is 15.8. The Balaban J connectivity index is 2.21. The molecule has 20 heavy (non-hydrogen) atoms. The van der Waals surface area contributed by atoms with Crippen molar-refractivity contribution in [2.24, 2.45) is 10.8 Å². The first-order valence-electron chi connectivity index (χ1n) is 8.57. The van der Waals surface area contributed by atoms with E-state index in [0.29, 0.717) is 5.41 Å². The van der Waals surface area contributed by atoms with Crippen molar-refractivity contribution in [1.29, 1.82) is 5.26 Å². The molecule has 114 valence electrons. The molecule has 1 N–H and O–H groups in total. The van der Waals surface area contributed by atoms with Crippen molar-refractivity contribution in [3.8, 4) is 6.07 Å². The topological polar surface area (TPSA) is 44.0 Å². The van der Waals surface area contributed by atoms with Gasteiger partial charge in [-0.1, -0.05) is 52.4 Å². The van der Waals surface area contributed by atoms with E-state index in [2.05, 4.69) is 19.9 Å². The summed E-state index contributed by atoms with van der Waals surface area (Å²) in [4.78, 5) is 0. The Hall–Kier alpha value is -0.550. The van der Waals surface area contributed by atoms with Gasteiger partial charge in [0.2, 0.25) is 0 Å². The molecule has 0 aromatic rings. The average Bonchev–Trinajstić information content (AvgIpc) is 2.50. The van der Waals surface area contributed by atoms with Gasteiger partial charge in [-0.25, -0.2) is 0 Å². The maximum atomic E-state index is 11.4. The fourth-order valence-corrected chi connectivity index (χ4v) is 4.32. The lowest BCUT2D eigenvalue weighted by Crippen LogP contribution is -2.47. The van der Waals surface area contributed by atoms with Crippen LogP contribution in [0.25, 0.3) is 0 Å². The van der Waals surface area contributed by atoms with E-state index in [9.17, 15) is 10.4 Å². The summed E-state index contributed by atoms with van der Waals surface area (Å²) < 4.78 is 0. The molecule has 0 aromatic heterocycles. The normalized spacial score (nSPS) is 34.3. The molecule has 2 rings (SSSR count). The van der Waals surface area contributed by atoms with Gasteiger partial charge >= 0.3 is 0 Å². The maximum absolute atomic E-state index is 11.4. The summed E-state index contributed by atoms with van der Waals surface area (Å²) in [6.45, 7) is 4.60. The standard InChI is InChI=1S/C18H31NO/c1-16(2)9-8-12-18(20,14-13-16)17(15-19)10-6-4-3-5-7-11-17/h20H,3-14H2,1-2H3. The molecule has 1 unspecified atom stereocenters. The van der Waals surface area contributed by atoms with Crippen LogP contribution in [0, 0.1) is 22.2 Å². The molecule has 0 amide bonds. The molecule has 2 nitrogen and oxygen atoms in total. The zero-order valence-electron chi connectivity index (χ0n) is 13.4. The Morgan fingerprint density at radius 3 is 1.95 bits per heavy atom. The zero-order chi connectivity index (χ0) is 14.7. The fourth-order valence-electron chi connectivity index (χ4n) is 4.32. The summed E-state index contributed by atoms with van der Waals surface area (Å²) in [6, 6.07) is 2.60. The monoisotopic (exact) mass is 277 g/mol. The Kier molecular flexibility index (Phi) is 4.80. The van der Waals surface area contributed by atoms with E-state index in [1.165, 1.54) is 25.7 Å². The minimum absolute atomic E-state index is 0.322. The second-order valence-corrected chi connectivity index (χ2v) is 8.01. The van der Waals surface area contributed by atoms with E-state index < -0.39 is 11.0 Å². The molecule has 0 spiro atoms. The number of hydrogen-bond donors (Lipinski definition) is 1. The second kappa shape index (κ2) is 6.06. The van der Waals surface area contributed by atoms with Gasteiger partial charge in [-0.15, -0.1) is 0 Å². The van der Waals surface area contributed by atoms with Gasteiger partial charge in [0.1, 0.15) is 0 Å². The molecule has 0 radical (unpaired) electrons. The number of nitriles is 1. The first-order chi connectivity index (χ1) is 9.43. The summed E-state index contributed by atoms with van der Waals surface area (Å²) in [6.07, 6.45) is 12.7. The van der Waals surface area contributed by atoms with Crippen molar-refractivity contribution >= 4 is 0 Å². The van der Waals surface area contributed by atoms with Crippen LogP contribution in [0.5, 0.6) is 0 Å². The minimum Gasteiger partial charge on any atom is -0.388 e. The third-order valence-corrected chi connectivity index (χ3v) is 5.97. The minimum atomic E-state index is -0.743. The maximum Gasteiger partial charge on any atom is 0.0860 e. The molecule has 2 fully saturated rings. The predicted molar refractivity (Wildman–Crippen MR) is 82.2 cm³/mol. The van der Waals surface area contributed by atoms with Crippen LogP contribution in [-0.2, 0) is 0 Å². The summed E-state index contributed by atoms with van der Waals surface area (Å²) in [5.41, 5.74) is -0.899. The van der Waals surface area contributed by atoms with Crippen LogP contribution in [0.4, 0.5) is 0 Å². The van der Waals surface area contributed by atoms with E-state index in [0.717, 1.165) is 51.4 Å².